The normalized spacial score (nSPS) is 12.2. The first-order chi connectivity index (χ1) is 10.9. The zero-order valence-electron chi connectivity index (χ0n) is 12.9. The molecule has 1 unspecified atom stereocenters. The molecule has 118 valence electrons. The van der Waals surface area contributed by atoms with Gasteiger partial charge >= 0.3 is 0 Å². The molecular weight excluding hydrogens is 274 g/mol. The second-order valence-corrected chi connectivity index (χ2v) is 5.25. The van der Waals surface area contributed by atoms with Gasteiger partial charge < -0.3 is 16.4 Å². The summed E-state index contributed by atoms with van der Waals surface area (Å²) in [4.78, 5) is 8.67. The van der Waals surface area contributed by atoms with E-state index in [0.29, 0.717) is 12.6 Å². The molecule has 0 aliphatic rings. The second kappa shape index (κ2) is 10.00. The minimum atomic E-state index is 0.372. The molecule has 0 radical (unpaired) electrons. The van der Waals surface area contributed by atoms with Gasteiger partial charge in [-0.2, -0.15) is 0 Å². The fourth-order valence-corrected chi connectivity index (χ4v) is 2.33. The van der Waals surface area contributed by atoms with Crippen LogP contribution in [0.2, 0.25) is 0 Å². The van der Waals surface area contributed by atoms with Crippen LogP contribution in [0.25, 0.3) is 0 Å². The molecule has 0 saturated heterocycles. The predicted octanol–water partition coefficient (Wildman–Crippen LogP) is 1.12. The fourth-order valence-electron chi connectivity index (χ4n) is 2.33. The summed E-state index contributed by atoms with van der Waals surface area (Å²) < 4.78 is 0. The van der Waals surface area contributed by atoms with Crippen LogP contribution >= 0.6 is 0 Å². The third-order valence-electron chi connectivity index (χ3n) is 3.46. The summed E-state index contributed by atoms with van der Waals surface area (Å²) in [6, 6.07) is 12.4. The van der Waals surface area contributed by atoms with E-state index in [4.69, 9.17) is 5.73 Å². The van der Waals surface area contributed by atoms with Crippen LogP contribution in [0.4, 0.5) is 0 Å². The van der Waals surface area contributed by atoms with Crippen molar-refractivity contribution in [3.63, 3.8) is 0 Å². The molecule has 2 heterocycles. The van der Waals surface area contributed by atoms with Crippen molar-refractivity contribution in [2.45, 2.75) is 25.4 Å². The van der Waals surface area contributed by atoms with E-state index in [2.05, 4.69) is 26.7 Å². The Morgan fingerprint density at radius 2 is 1.68 bits per heavy atom. The van der Waals surface area contributed by atoms with Gasteiger partial charge in [0.15, 0.2) is 0 Å². The standard InChI is InChI=1S/C17H25N5/c18-8-7-16(13-15-5-1-3-9-20-15)22-12-11-19-14-17-6-2-4-10-21-17/h1-6,9-10,16,19,22H,7-8,11-14,18H2. The SMILES string of the molecule is NCCC(Cc1ccccn1)NCCNCc1ccccn1. The molecule has 0 spiro atoms. The van der Waals surface area contributed by atoms with Gasteiger partial charge in [-0.3, -0.25) is 9.97 Å². The third kappa shape index (κ3) is 6.30. The van der Waals surface area contributed by atoms with Crippen molar-refractivity contribution in [1.82, 2.24) is 20.6 Å². The van der Waals surface area contributed by atoms with E-state index in [0.717, 1.165) is 43.9 Å². The lowest BCUT2D eigenvalue weighted by molar-refractivity contribution is 0.470. The number of hydrogen-bond acceptors (Lipinski definition) is 5. The Morgan fingerprint density at radius 3 is 2.32 bits per heavy atom. The van der Waals surface area contributed by atoms with E-state index in [9.17, 15) is 0 Å². The van der Waals surface area contributed by atoms with Crippen molar-refractivity contribution < 1.29 is 0 Å². The summed E-state index contributed by atoms with van der Waals surface area (Å²) in [5.41, 5.74) is 7.88. The summed E-state index contributed by atoms with van der Waals surface area (Å²) in [5, 5.41) is 6.94. The molecule has 0 aliphatic heterocycles. The van der Waals surface area contributed by atoms with E-state index < -0.39 is 0 Å². The highest BCUT2D eigenvalue weighted by atomic mass is 15.0. The van der Waals surface area contributed by atoms with Crippen LogP contribution in [0.15, 0.2) is 48.8 Å². The average molecular weight is 299 g/mol. The zero-order valence-corrected chi connectivity index (χ0v) is 12.9. The molecule has 0 amide bonds. The van der Waals surface area contributed by atoms with E-state index in [-0.39, 0.29) is 0 Å². The van der Waals surface area contributed by atoms with Crippen LogP contribution in [-0.2, 0) is 13.0 Å². The van der Waals surface area contributed by atoms with Gasteiger partial charge in [-0.25, -0.2) is 0 Å². The summed E-state index contributed by atoms with van der Waals surface area (Å²) in [6.07, 6.45) is 5.53. The molecule has 0 fully saturated rings. The second-order valence-electron chi connectivity index (χ2n) is 5.25. The molecule has 2 aromatic heterocycles. The molecule has 5 nitrogen and oxygen atoms in total. The third-order valence-corrected chi connectivity index (χ3v) is 3.46. The van der Waals surface area contributed by atoms with Crippen LogP contribution in [-0.4, -0.2) is 35.6 Å². The number of nitrogens with two attached hydrogens (primary N) is 1. The van der Waals surface area contributed by atoms with E-state index in [1.807, 2.05) is 42.7 Å². The van der Waals surface area contributed by atoms with Crippen LogP contribution in [0.5, 0.6) is 0 Å². The summed E-state index contributed by atoms with van der Waals surface area (Å²) >= 11 is 0. The monoisotopic (exact) mass is 299 g/mol. The van der Waals surface area contributed by atoms with E-state index in [1.54, 1.807) is 0 Å². The Hall–Kier alpha value is -1.82. The summed E-state index contributed by atoms with van der Waals surface area (Å²) in [7, 11) is 0. The molecule has 2 rings (SSSR count). The van der Waals surface area contributed by atoms with Gasteiger partial charge in [0.1, 0.15) is 0 Å². The van der Waals surface area contributed by atoms with Crippen LogP contribution in [0, 0.1) is 0 Å². The van der Waals surface area contributed by atoms with Crippen molar-refractivity contribution in [2.24, 2.45) is 5.73 Å². The summed E-state index contributed by atoms with van der Waals surface area (Å²) in [6.45, 7) is 3.29. The van der Waals surface area contributed by atoms with Crippen molar-refractivity contribution in [1.29, 1.82) is 0 Å². The molecule has 0 aliphatic carbocycles. The van der Waals surface area contributed by atoms with Crippen LogP contribution < -0.4 is 16.4 Å². The first-order valence-electron chi connectivity index (χ1n) is 7.82. The molecule has 1 atom stereocenters. The molecule has 4 N–H and O–H groups in total. The largest absolute Gasteiger partial charge is 0.330 e. The number of nitrogens with zero attached hydrogens (tertiary/aromatic N) is 2. The van der Waals surface area contributed by atoms with Crippen LogP contribution in [0.1, 0.15) is 17.8 Å². The first-order valence-corrected chi connectivity index (χ1v) is 7.82. The van der Waals surface area contributed by atoms with Gasteiger partial charge in [0.2, 0.25) is 0 Å². The van der Waals surface area contributed by atoms with E-state index >= 15 is 0 Å². The number of pyridine rings is 2. The van der Waals surface area contributed by atoms with Crippen molar-refractivity contribution in [2.75, 3.05) is 19.6 Å². The average Bonchev–Trinajstić information content (AvgIpc) is 2.56. The lowest BCUT2D eigenvalue weighted by atomic mass is 10.1. The van der Waals surface area contributed by atoms with Gasteiger partial charge in [-0.05, 0) is 37.2 Å². The molecule has 5 heteroatoms. The highest BCUT2D eigenvalue weighted by Gasteiger charge is 2.08. The maximum absolute atomic E-state index is 5.71. The smallest absolute Gasteiger partial charge is 0.0541 e. The quantitative estimate of drug-likeness (QED) is 0.573. The van der Waals surface area contributed by atoms with Gasteiger partial charge in [0, 0.05) is 50.2 Å². The lowest BCUT2D eigenvalue weighted by Crippen LogP contribution is -2.38. The maximum atomic E-state index is 5.71. The van der Waals surface area contributed by atoms with Crippen molar-refractivity contribution in [3.05, 3.63) is 60.2 Å². The topological polar surface area (TPSA) is 75.9 Å². The van der Waals surface area contributed by atoms with Gasteiger partial charge in [-0.1, -0.05) is 12.1 Å². The van der Waals surface area contributed by atoms with Crippen molar-refractivity contribution in [3.8, 4) is 0 Å². The van der Waals surface area contributed by atoms with Crippen LogP contribution in [0.3, 0.4) is 0 Å². The Labute approximate surface area is 132 Å². The molecule has 0 aromatic carbocycles. The molecule has 0 saturated carbocycles. The number of aromatic nitrogens is 2. The van der Waals surface area contributed by atoms with Crippen molar-refractivity contribution >= 4 is 0 Å². The first kappa shape index (κ1) is 16.5. The lowest BCUT2D eigenvalue weighted by Gasteiger charge is -2.18. The minimum Gasteiger partial charge on any atom is -0.330 e. The maximum Gasteiger partial charge on any atom is 0.0541 e. The van der Waals surface area contributed by atoms with E-state index in [1.165, 1.54) is 0 Å². The van der Waals surface area contributed by atoms with Gasteiger partial charge in [0.25, 0.3) is 0 Å². The van der Waals surface area contributed by atoms with Gasteiger partial charge in [-0.15, -0.1) is 0 Å². The Bertz CT molecular complexity index is 503. The Balaban J connectivity index is 1.66. The fraction of sp³-hybridized carbons (Fsp3) is 0.412. The minimum absolute atomic E-state index is 0.372. The molecule has 0 bridgehead atoms. The predicted molar refractivity (Wildman–Crippen MR) is 89.3 cm³/mol. The highest BCUT2D eigenvalue weighted by molar-refractivity contribution is 5.05. The molecular formula is C17H25N5. The highest BCUT2D eigenvalue weighted by Crippen LogP contribution is 2.02. The molecule has 2 aromatic rings. The number of hydrogen-bond donors (Lipinski definition) is 3. The molecule has 22 heavy (non-hydrogen) atoms. The number of rotatable bonds is 10. The van der Waals surface area contributed by atoms with Gasteiger partial charge in [0.05, 0.1) is 5.69 Å². The Kier molecular flexibility index (Phi) is 7.52. The summed E-state index contributed by atoms with van der Waals surface area (Å²) in [5.74, 6) is 0. The number of nitrogens with one attached hydrogen (secondary N) is 2. The zero-order chi connectivity index (χ0) is 15.5. The Morgan fingerprint density at radius 1 is 0.955 bits per heavy atom.